The van der Waals surface area contributed by atoms with Crippen molar-refractivity contribution in [1.82, 2.24) is 20.2 Å². The van der Waals surface area contributed by atoms with Crippen LogP contribution in [0.2, 0.25) is 0 Å². The van der Waals surface area contributed by atoms with Gasteiger partial charge in [0.25, 0.3) is 0 Å². The number of rotatable bonds is 4. The first kappa shape index (κ1) is 20.0. The Balaban J connectivity index is 1.54. The lowest BCUT2D eigenvalue weighted by Gasteiger charge is -2.35. The van der Waals surface area contributed by atoms with E-state index in [1.807, 2.05) is 19.1 Å². The van der Waals surface area contributed by atoms with Crippen molar-refractivity contribution in [2.45, 2.75) is 40.2 Å². The minimum Gasteiger partial charge on any atom is -0.353 e. The zero-order valence-electron chi connectivity index (χ0n) is 17.0. The molecule has 2 aromatic rings. The van der Waals surface area contributed by atoms with Crippen LogP contribution in [0.25, 0.3) is 0 Å². The number of aromatic nitrogens is 2. The standard InChI is InChI=1S/C21H28FN5O/c1-14(2)20-24-16(4)11-19(25-20)26-7-9-27(10-8-26)21(28)23-13-17-6-5-15(3)18(22)12-17/h5-6,11-12,14H,7-10,13H2,1-4H3,(H,23,28). The number of carbonyl (C=O) groups excluding carboxylic acids is 1. The van der Waals surface area contributed by atoms with Crippen LogP contribution in [0, 0.1) is 19.7 Å². The Kier molecular flexibility index (Phi) is 6.11. The molecule has 0 saturated carbocycles. The Morgan fingerprint density at radius 1 is 1.14 bits per heavy atom. The Labute approximate surface area is 165 Å². The van der Waals surface area contributed by atoms with Gasteiger partial charge in [-0.2, -0.15) is 0 Å². The molecule has 1 aromatic carbocycles. The van der Waals surface area contributed by atoms with E-state index in [0.717, 1.165) is 36.0 Å². The van der Waals surface area contributed by atoms with Gasteiger partial charge in [0.15, 0.2) is 0 Å². The lowest BCUT2D eigenvalue weighted by Crippen LogP contribution is -2.52. The molecule has 1 N–H and O–H groups in total. The predicted octanol–water partition coefficient (Wildman–Crippen LogP) is 3.39. The van der Waals surface area contributed by atoms with Crippen LogP contribution in [0.15, 0.2) is 24.3 Å². The monoisotopic (exact) mass is 385 g/mol. The van der Waals surface area contributed by atoms with Gasteiger partial charge in [0.1, 0.15) is 17.5 Å². The molecule has 2 heterocycles. The quantitative estimate of drug-likeness (QED) is 0.876. The number of piperazine rings is 1. The molecule has 0 aliphatic carbocycles. The lowest BCUT2D eigenvalue weighted by molar-refractivity contribution is 0.193. The van der Waals surface area contributed by atoms with Crippen LogP contribution in [0.3, 0.4) is 0 Å². The summed E-state index contributed by atoms with van der Waals surface area (Å²) in [5, 5.41) is 2.88. The molecule has 0 unspecified atom stereocenters. The van der Waals surface area contributed by atoms with Crippen LogP contribution in [0.1, 0.15) is 42.4 Å². The van der Waals surface area contributed by atoms with Crippen molar-refractivity contribution in [3.8, 4) is 0 Å². The van der Waals surface area contributed by atoms with Crippen molar-refractivity contribution in [1.29, 1.82) is 0 Å². The number of hydrogen-bond donors (Lipinski definition) is 1. The van der Waals surface area contributed by atoms with Gasteiger partial charge in [-0.3, -0.25) is 0 Å². The second-order valence-corrected chi connectivity index (χ2v) is 7.60. The largest absolute Gasteiger partial charge is 0.353 e. The number of anilines is 1. The van der Waals surface area contributed by atoms with E-state index in [0.29, 0.717) is 25.2 Å². The average Bonchev–Trinajstić information content (AvgIpc) is 2.68. The highest BCUT2D eigenvalue weighted by atomic mass is 19.1. The van der Waals surface area contributed by atoms with Crippen LogP contribution in [-0.2, 0) is 6.54 Å². The first-order valence-corrected chi connectivity index (χ1v) is 9.72. The highest BCUT2D eigenvalue weighted by molar-refractivity contribution is 5.74. The van der Waals surface area contributed by atoms with Crippen LogP contribution in [0.4, 0.5) is 15.0 Å². The lowest BCUT2D eigenvalue weighted by atomic mass is 10.1. The number of hydrogen-bond acceptors (Lipinski definition) is 4. The van der Waals surface area contributed by atoms with Crippen molar-refractivity contribution in [3.05, 3.63) is 52.7 Å². The third-order valence-corrected chi connectivity index (χ3v) is 4.95. The van der Waals surface area contributed by atoms with Crippen molar-refractivity contribution in [3.63, 3.8) is 0 Å². The average molecular weight is 385 g/mol. The number of amides is 2. The van der Waals surface area contributed by atoms with Crippen molar-refractivity contribution < 1.29 is 9.18 Å². The van der Waals surface area contributed by atoms with Gasteiger partial charge >= 0.3 is 6.03 Å². The van der Waals surface area contributed by atoms with E-state index in [9.17, 15) is 9.18 Å². The summed E-state index contributed by atoms with van der Waals surface area (Å²) in [5.41, 5.74) is 2.32. The van der Waals surface area contributed by atoms with Gasteiger partial charge in [0, 0.05) is 50.4 Å². The number of halogens is 1. The van der Waals surface area contributed by atoms with Gasteiger partial charge in [0.2, 0.25) is 0 Å². The Morgan fingerprint density at radius 2 is 1.86 bits per heavy atom. The zero-order chi connectivity index (χ0) is 20.3. The maximum atomic E-state index is 13.6. The number of urea groups is 1. The first-order chi connectivity index (χ1) is 13.3. The summed E-state index contributed by atoms with van der Waals surface area (Å²) in [4.78, 5) is 25.6. The molecule has 3 rings (SSSR count). The van der Waals surface area contributed by atoms with E-state index < -0.39 is 0 Å². The van der Waals surface area contributed by atoms with Crippen molar-refractivity contribution in [2.24, 2.45) is 0 Å². The van der Waals surface area contributed by atoms with Gasteiger partial charge in [-0.25, -0.2) is 19.2 Å². The zero-order valence-corrected chi connectivity index (χ0v) is 17.0. The van der Waals surface area contributed by atoms with Gasteiger partial charge in [-0.15, -0.1) is 0 Å². The molecular formula is C21H28FN5O. The first-order valence-electron chi connectivity index (χ1n) is 9.72. The molecule has 150 valence electrons. The summed E-state index contributed by atoms with van der Waals surface area (Å²) in [7, 11) is 0. The highest BCUT2D eigenvalue weighted by Gasteiger charge is 2.22. The van der Waals surface area contributed by atoms with E-state index >= 15 is 0 Å². The molecule has 6 nitrogen and oxygen atoms in total. The summed E-state index contributed by atoms with van der Waals surface area (Å²) in [6.45, 7) is 10.9. The van der Waals surface area contributed by atoms with Crippen LogP contribution in [-0.4, -0.2) is 47.1 Å². The molecule has 2 amide bonds. The summed E-state index contributed by atoms with van der Waals surface area (Å²) in [5.74, 6) is 1.80. The van der Waals surface area contributed by atoms with Crippen molar-refractivity contribution >= 4 is 11.8 Å². The van der Waals surface area contributed by atoms with Crippen LogP contribution in [0.5, 0.6) is 0 Å². The summed E-state index contributed by atoms with van der Waals surface area (Å²) < 4.78 is 13.6. The van der Waals surface area contributed by atoms with E-state index in [4.69, 9.17) is 0 Å². The van der Waals surface area contributed by atoms with Crippen molar-refractivity contribution in [2.75, 3.05) is 31.1 Å². The van der Waals surface area contributed by atoms with Gasteiger partial charge in [-0.1, -0.05) is 26.0 Å². The maximum absolute atomic E-state index is 13.6. The van der Waals surface area contributed by atoms with Gasteiger partial charge in [0.05, 0.1) is 0 Å². The summed E-state index contributed by atoms with van der Waals surface area (Å²) >= 11 is 0. The molecule has 7 heteroatoms. The molecule has 0 bridgehead atoms. The summed E-state index contributed by atoms with van der Waals surface area (Å²) in [6, 6.07) is 6.90. The maximum Gasteiger partial charge on any atom is 0.317 e. The SMILES string of the molecule is Cc1cc(N2CCN(C(=O)NCc3ccc(C)c(F)c3)CC2)nc(C(C)C)n1. The fraction of sp³-hybridized carbons (Fsp3) is 0.476. The smallest absolute Gasteiger partial charge is 0.317 e. The normalized spacial score (nSPS) is 14.5. The van der Waals surface area contributed by atoms with Gasteiger partial charge in [-0.05, 0) is 31.0 Å². The van der Waals surface area contributed by atoms with Crippen LogP contribution < -0.4 is 10.2 Å². The molecule has 28 heavy (non-hydrogen) atoms. The summed E-state index contributed by atoms with van der Waals surface area (Å²) in [6.07, 6.45) is 0. The molecule has 1 aliphatic rings. The Hall–Kier alpha value is -2.70. The molecule has 0 atom stereocenters. The fourth-order valence-electron chi connectivity index (χ4n) is 3.17. The molecule has 0 spiro atoms. The molecular weight excluding hydrogens is 357 g/mol. The Bertz CT molecular complexity index is 847. The number of carbonyl (C=O) groups is 1. The number of benzene rings is 1. The molecule has 1 saturated heterocycles. The highest BCUT2D eigenvalue weighted by Crippen LogP contribution is 2.18. The Morgan fingerprint density at radius 3 is 2.50 bits per heavy atom. The third kappa shape index (κ3) is 4.77. The van der Waals surface area contributed by atoms with Crippen LogP contribution >= 0.6 is 0 Å². The van der Waals surface area contributed by atoms with E-state index in [-0.39, 0.29) is 17.8 Å². The second kappa shape index (κ2) is 8.54. The van der Waals surface area contributed by atoms with E-state index in [1.54, 1.807) is 17.9 Å². The minimum atomic E-state index is -0.249. The number of aryl methyl sites for hydroxylation is 2. The van der Waals surface area contributed by atoms with E-state index in [1.165, 1.54) is 6.07 Å². The number of nitrogens with zero attached hydrogens (tertiary/aromatic N) is 4. The molecule has 1 aliphatic heterocycles. The van der Waals surface area contributed by atoms with E-state index in [2.05, 4.69) is 34.0 Å². The molecule has 1 fully saturated rings. The molecule has 0 radical (unpaired) electrons. The van der Waals surface area contributed by atoms with Gasteiger partial charge < -0.3 is 15.1 Å². The third-order valence-electron chi connectivity index (χ3n) is 4.95. The second-order valence-electron chi connectivity index (χ2n) is 7.60. The minimum absolute atomic E-state index is 0.123. The molecule has 1 aromatic heterocycles. The number of nitrogens with one attached hydrogen (secondary N) is 1. The predicted molar refractivity (Wildman–Crippen MR) is 108 cm³/mol. The fourth-order valence-corrected chi connectivity index (χ4v) is 3.17. The topological polar surface area (TPSA) is 61.4 Å².